The van der Waals surface area contributed by atoms with E-state index in [1.165, 1.54) is 25.3 Å². The molecule has 0 heterocycles. The number of nitro groups is 1. The highest BCUT2D eigenvalue weighted by Crippen LogP contribution is 2.29. The Morgan fingerprint density at radius 1 is 1.07 bits per heavy atom. The van der Waals surface area contributed by atoms with E-state index < -0.39 is 10.8 Å². The monoisotopic (exact) mass is 456 g/mol. The molecule has 148 valence electrons. The summed E-state index contributed by atoms with van der Waals surface area (Å²) < 4.78 is 11.8. The fourth-order valence-corrected chi connectivity index (χ4v) is 2.82. The number of nitrogens with one attached hydrogen (secondary N) is 1. The number of hydrogen-bond acceptors (Lipinski definition) is 5. The van der Waals surface area contributed by atoms with Crippen LogP contribution in [0.5, 0.6) is 11.5 Å². The summed E-state index contributed by atoms with van der Waals surface area (Å²) in [4.78, 5) is 22.9. The Hall–Kier alpha value is -3.39. The van der Waals surface area contributed by atoms with Crippen LogP contribution in [-0.4, -0.2) is 17.9 Å². The van der Waals surface area contributed by atoms with Crippen LogP contribution in [0.1, 0.15) is 15.9 Å². The Kier molecular flexibility index (Phi) is 6.46. The van der Waals surface area contributed by atoms with E-state index in [9.17, 15) is 14.9 Å². The number of rotatable bonds is 7. The summed E-state index contributed by atoms with van der Waals surface area (Å²) in [5, 5.41) is 13.6. The van der Waals surface area contributed by atoms with Gasteiger partial charge in [0.15, 0.2) is 0 Å². The minimum Gasteiger partial charge on any atom is -0.495 e. The molecule has 0 aliphatic rings. The number of nitro benzene ring substituents is 1. The molecule has 0 fully saturated rings. The zero-order chi connectivity index (χ0) is 20.8. The number of non-ortho nitro benzene ring substituents is 1. The van der Waals surface area contributed by atoms with Crippen LogP contribution in [0.3, 0.4) is 0 Å². The van der Waals surface area contributed by atoms with E-state index >= 15 is 0 Å². The van der Waals surface area contributed by atoms with Crippen LogP contribution in [0, 0.1) is 10.1 Å². The zero-order valence-corrected chi connectivity index (χ0v) is 17.0. The number of carbonyl (C=O) groups is 1. The number of hydrogen-bond donors (Lipinski definition) is 1. The lowest BCUT2D eigenvalue weighted by molar-refractivity contribution is -0.384. The van der Waals surface area contributed by atoms with E-state index in [1.54, 1.807) is 24.3 Å². The Bertz CT molecular complexity index is 1020. The molecule has 0 aliphatic heterocycles. The van der Waals surface area contributed by atoms with Gasteiger partial charge < -0.3 is 14.8 Å². The third-order valence-electron chi connectivity index (χ3n) is 4.08. The number of amides is 1. The normalized spacial score (nSPS) is 10.3. The van der Waals surface area contributed by atoms with Gasteiger partial charge in [-0.1, -0.05) is 28.1 Å². The van der Waals surface area contributed by atoms with Crippen molar-refractivity contribution in [1.82, 2.24) is 0 Å². The van der Waals surface area contributed by atoms with Gasteiger partial charge in [-0.3, -0.25) is 14.9 Å². The molecule has 0 radical (unpaired) electrons. The Morgan fingerprint density at radius 3 is 2.38 bits per heavy atom. The Labute approximate surface area is 175 Å². The molecule has 0 unspecified atom stereocenters. The Morgan fingerprint density at radius 2 is 1.76 bits per heavy atom. The van der Waals surface area contributed by atoms with E-state index in [1.807, 2.05) is 24.3 Å². The summed E-state index contributed by atoms with van der Waals surface area (Å²) in [6.45, 7) is 0.363. The molecule has 3 rings (SSSR count). The Balaban J connectivity index is 1.66. The lowest BCUT2D eigenvalue weighted by Crippen LogP contribution is -2.13. The van der Waals surface area contributed by atoms with Gasteiger partial charge >= 0.3 is 0 Å². The highest BCUT2D eigenvalue weighted by molar-refractivity contribution is 9.10. The molecule has 29 heavy (non-hydrogen) atoms. The lowest BCUT2D eigenvalue weighted by Gasteiger charge is -2.11. The summed E-state index contributed by atoms with van der Waals surface area (Å²) in [5.41, 5.74) is 1.40. The number of benzene rings is 3. The third kappa shape index (κ3) is 5.32. The van der Waals surface area contributed by atoms with E-state index in [4.69, 9.17) is 9.47 Å². The van der Waals surface area contributed by atoms with Gasteiger partial charge in [-0.15, -0.1) is 0 Å². The van der Waals surface area contributed by atoms with Gasteiger partial charge in [-0.2, -0.15) is 0 Å². The van der Waals surface area contributed by atoms with Crippen molar-refractivity contribution in [2.24, 2.45) is 0 Å². The molecule has 0 atom stereocenters. The molecule has 0 aromatic heterocycles. The molecule has 0 spiro atoms. The van der Waals surface area contributed by atoms with Crippen LogP contribution in [-0.2, 0) is 6.61 Å². The smallest absolute Gasteiger partial charge is 0.271 e. The van der Waals surface area contributed by atoms with Gasteiger partial charge in [0.2, 0.25) is 0 Å². The minimum absolute atomic E-state index is 0.137. The van der Waals surface area contributed by atoms with E-state index in [-0.39, 0.29) is 11.4 Å². The van der Waals surface area contributed by atoms with Gasteiger partial charge in [0, 0.05) is 22.2 Å². The molecule has 3 aromatic rings. The highest BCUT2D eigenvalue weighted by atomic mass is 79.9. The average molecular weight is 457 g/mol. The number of ether oxygens (including phenoxy) is 2. The molecule has 0 saturated heterocycles. The first-order valence-electron chi connectivity index (χ1n) is 8.57. The van der Waals surface area contributed by atoms with Crippen molar-refractivity contribution in [2.45, 2.75) is 6.61 Å². The second-order valence-electron chi connectivity index (χ2n) is 6.04. The van der Waals surface area contributed by atoms with Crippen molar-refractivity contribution in [3.8, 4) is 11.5 Å². The van der Waals surface area contributed by atoms with Crippen molar-refractivity contribution in [2.75, 3.05) is 12.4 Å². The average Bonchev–Trinajstić information content (AvgIpc) is 2.73. The van der Waals surface area contributed by atoms with Gasteiger partial charge in [0.25, 0.3) is 11.6 Å². The second kappa shape index (κ2) is 9.20. The molecular weight excluding hydrogens is 440 g/mol. The summed E-state index contributed by atoms with van der Waals surface area (Å²) in [7, 11) is 1.43. The quantitative estimate of drug-likeness (QED) is 0.389. The maximum absolute atomic E-state index is 12.5. The first-order chi connectivity index (χ1) is 14.0. The van der Waals surface area contributed by atoms with Gasteiger partial charge in [0.1, 0.15) is 18.1 Å². The molecule has 0 saturated carbocycles. The van der Waals surface area contributed by atoms with Crippen LogP contribution >= 0.6 is 15.9 Å². The fraction of sp³-hybridized carbons (Fsp3) is 0.0952. The van der Waals surface area contributed by atoms with E-state index in [0.29, 0.717) is 17.9 Å². The van der Waals surface area contributed by atoms with Crippen molar-refractivity contribution < 1.29 is 19.2 Å². The third-order valence-corrected chi connectivity index (χ3v) is 4.61. The predicted octanol–water partition coefficient (Wildman–Crippen LogP) is 5.20. The van der Waals surface area contributed by atoms with Crippen molar-refractivity contribution in [1.29, 1.82) is 0 Å². The fourth-order valence-electron chi connectivity index (χ4n) is 2.55. The highest BCUT2D eigenvalue weighted by Gasteiger charge is 2.14. The maximum atomic E-state index is 12.5. The molecule has 1 N–H and O–H groups in total. The van der Waals surface area contributed by atoms with E-state index in [0.717, 1.165) is 15.8 Å². The summed E-state index contributed by atoms with van der Waals surface area (Å²) >= 11 is 3.37. The number of halogens is 1. The van der Waals surface area contributed by atoms with E-state index in [2.05, 4.69) is 21.2 Å². The topological polar surface area (TPSA) is 90.7 Å². The van der Waals surface area contributed by atoms with Crippen molar-refractivity contribution >= 4 is 33.2 Å². The summed E-state index contributed by atoms with van der Waals surface area (Å²) in [5.74, 6) is 0.681. The summed E-state index contributed by atoms with van der Waals surface area (Å²) in [6, 6.07) is 18.4. The number of carbonyl (C=O) groups excluding carboxylic acids is 1. The van der Waals surface area contributed by atoms with Crippen LogP contribution in [0.2, 0.25) is 0 Å². The zero-order valence-electron chi connectivity index (χ0n) is 15.4. The maximum Gasteiger partial charge on any atom is 0.271 e. The first kappa shape index (κ1) is 20.3. The lowest BCUT2D eigenvalue weighted by atomic mass is 10.1. The molecule has 0 aliphatic carbocycles. The molecular formula is C21H17BrN2O5. The predicted molar refractivity (Wildman–Crippen MR) is 113 cm³/mol. The molecule has 0 bridgehead atoms. The minimum atomic E-state index is -0.532. The van der Waals surface area contributed by atoms with Gasteiger partial charge in [0.05, 0.1) is 17.7 Å². The van der Waals surface area contributed by atoms with Gasteiger partial charge in [-0.25, -0.2) is 0 Å². The molecule has 3 aromatic carbocycles. The van der Waals surface area contributed by atoms with Crippen molar-refractivity contribution in [3.63, 3.8) is 0 Å². The standard InChI is InChI=1S/C21H17BrN2O5/c1-28-20-11-8-17(24(26)27)12-19(20)23-21(25)15-4-2-14(3-5-15)13-29-18-9-6-16(22)7-10-18/h2-12H,13H2,1H3,(H,23,25). The first-order valence-corrected chi connectivity index (χ1v) is 9.36. The molecule has 8 heteroatoms. The largest absolute Gasteiger partial charge is 0.495 e. The number of anilines is 1. The van der Waals surface area contributed by atoms with Crippen LogP contribution < -0.4 is 14.8 Å². The van der Waals surface area contributed by atoms with Crippen LogP contribution in [0.4, 0.5) is 11.4 Å². The van der Waals surface area contributed by atoms with Gasteiger partial charge in [-0.05, 0) is 48.0 Å². The van der Waals surface area contributed by atoms with Crippen LogP contribution in [0.25, 0.3) is 0 Å². The molecule has 7 nitrogen and oxygen atoms in total. The van der Waals surface area contributed by atoms with Crippen LogP contribution in [0.15, 0.2) is 71.2 Å². The second-order valence-corrected chi connectivity index (χ2v) is 6.95. The number of nitrogens with zero attached hydrogens (tertiary/aromatic N) is 1. The SMILES string of the molecule is COc1ccc([N+](=O)[O-])cc1NC(=O)c1ccc(COc2ccc(Br)cc2)cc1. The summed E-state index contributed by atoms with van der Waals surface area (Å²) in [6.07, 6.45) is 0. The van der Waals surface area contributed by atoms with Crippen molar-refractivity contribution in [3.05, 3.63) is 92.4 Å². The number of methoxy groups -OCH3 is 1. The molecule has 1 amide bonds.